The molecule has 0 unspecified atom stereocenters. The summed E-state index contributed by atoms with van der Waals surface area (Å²) < 4.78 is 9.81. The molecule has 1 N–H and O–H groups in total. The van der Waals surface area contributed by atoms with Crippen LogP contribution in [0.4, 0.5) is 0 Å². The van der Waals surface area contributed by atoms with Crippen molar-refractivity contribution in [3.05, 3.63) is 53.4 Å². The van der Waals surface area contributed by atoms with Crippen molar-refractivity contribution in [2.75, 3.05) is 14.2 Å². The van der Waals surface area contributed by atoms with E-state index in [0.717, 1.165) is 12.8 Å². The van der Waals surface area contributed by atoms with Crippen LogP contribution < -0.4 is 0 Å². The Morgan fingerprint density at radius 3 is 2.12 bits per heavy atom. The topological polar surface area (TPSA) is 76.1 Å². The smallest absolute Gasteiger partial charge is 0.336 e. The molecule has 1 fully saturated rings. The summed E-state index contributed by atoms with van der Waals surface area (Å²) in [7, 11) is 2.61. The van der Waals surface area contributed by atoms with Gasteiger partial charge in [-0.15, -0.1) is 0 Å². The molecule has 0 atom stereocenters. The minimum absolute atomic E-state index is 0.0607. The molecule has 24 heavy (non-hydrogen) atoms. The van der Waals surface area contributed by atoms with Gasteiger partial charge in [-0.3, -0.25) is 0 Å². The summed E-state index contributed by atoms with van der Waals surface area (Å²) in [5.41, 5.74) is 1.31. The fourth-order valence-corrected chi connectivity index (χ4v) is 2.90. The van der Waals surface area contributed by atoms with Crippen molar-refractivity contribution >= 4 is 11.9 Å². The first kappa shape index (κ1) is 16.1. The van der Waals surface area contributed by atoms with Crippen LogP contribution in [0.15, 0.2) is 47.8 Å². The second-order valence-corrected chi connectivity index (χ2v) is 5.86. The van der Waals surface area contributed by atoms with Crippen LogP contribution in [0.1, 0.15) is 24.3 Å². The normalized spacial score (nSPS) is 17.8. The number of phenols is 1. The molecule has 2 aliphatic rings. The number of esters is 2. The molecule has 1 saturated carbocycles. The highest BCUT2D eigenvalue weighted by molar-refractivity contribution is 5.98. The highest BCUT2D eigenvalue weighted by Gasteiger charge is 2.38. The monoisotopic (exact) mass is 329 g/mol. The van der Waals surface area contributed by atoms with Gasteiger partial charge in [0.2, 0.25) is 0 Å². The van der Waals surface area contributed by atoms with Crippen LogP contribution in [0.25, 0.3) is 0 Å². The zero-order valence-electron chi connectivity index (χ0n) is 13.6. The molecule has 0 radical (unpaired) electrons. The molecule has 126 valence electrons. The molecular weight excluding hydrogens is 310 g/mol. The van der Waals surface area contributed by atoms with E-state index in [1.165, 1.54) is 26.4 Å². The van der Waals surface area contributed by atoms with Gasteiger partial charge in [-0.05, 0) is 30.5 Å². The van der Waals surface area contributed by atoms with Gasteiger partial charge in [-0.2, -0.15) is 0 Å². The molecular formula is C18H19NO5. The quantitative estimate of drug-likeness (QED) is 0.852. The number of benzene rings is 1. The summed E-state index contributed by atoms with van der Waals surface area (Å²) in [4.78, 5) is 26.5. The van der Waals surface area contributed by atoms with Crippen molar-refractivity contribution in [2.24, 2.45) is 0 Å². The molecule has 0 amide bonds. The van der Waals surface area contributed by atoms with Gasteiger partial charge in [-0.1, -0.05) is 12.1 Å². The molecule has 1 heterocycles. The minimum atomic E-state index is -0.646. The fraction of sp³-hybridized carbons (Fsp3) is 0.333. The number of hydrogen-bond donors (Lipinski definition) is 1. The van der Waals surface area contributed by atoms with Crippen molar-refractivity contribution < 1.29 is 24.2 Å². The van der Waals surface area contributed by atoms with Crippen LogP contribution in [0, 0.1) is 0 Å². The third-order valence-corrected chi connectivity index (χ3v) is 4.21. The summed E-state index contributed by atoms with van der Waals surface area (Å²) in [6.07, 6.45) is 5.47. The van der Waals surface area contributed by atoms with E-state index in [4.69, 9.17) is 9.47 Å². The molecule has 1 aromatic carbocycles. The number of carbonyl (C=O) groups is 2. The number of methoxy groups -OCH3 is 2. The molecule has 6 heteroatoms. The third-order valence-electron chi connectivity index (χ3n) is 4.21. The van der Waals surface area contributed by atoms with Crippen molar-refractivity contribution in [3.63, 3.8) is 0 Å². The molecule has 6 nitrogen and oxygen atoms in total. The van der Waals surface area contributed by atoms with Crippen LogP contribution in [-0.4, -0.2) is 42.2 Å². The van der Waals surface area contributed by atoms with E-state index in [2.05, 4.69) is 0 Å². The summed E-state index contributed by atoms with van der Waals surface area (Å²) >= 11 is 0. The second kappa shape index (κ2) is 6.39. The largest absolute Gasteiger partial charge is 0.508 e. The van der Waals surface area contributed by atoms with Crippen molar-refractivity contribution in [1.29, 1.82) is 0 Å². The second-order valence-electron chi connectivity index (χ2n) is 5.86. The van der Waals surface area contributed by atoms with E-state index in [9.17, 15) is 14.7 Å². The molecule has 1 aromatic rings. The Kier molecular flexibility index (Phi) is 4.29. The zero-order chi connectivity index (χ0) is 17.3. The predicted octanol–water partition coefficient (Wildman–Crippen LogP) is 2.07. The van der Waals surface area contributed by atoms with Gasteiger partial charge in [0.15, 0.2) is 0 Å². The van der Waals surface area contributed by atoms with Crippen LogP contribution >= 0.6 is 0 Å². The number of carbonyl (C=O) groups excluding carboxylic acids is 2. The standard InChI is InChI=1S/C18H19NO5/c1-23-17(21)14-9-19(12-6-7-12)10-15(18(22)24-2)16(14)11-4-3-5-13(20)8-11/h3-5,8-10,12,16,20H,6-7H2,1-2H3. The summed E-state index contributed by atoms with van der Waals surface area (Å²) in [5.74, 6) is -1.61. The van der Waals surface area contributed by atoms with Gasteiger partial charge in [-0.25, -0.2) is 9.59 Å². The lowest BCUT2D eigenvalue weighted by Crippen LogP contribution is -2.29. The first-order chi connectivity index (χ1) is 11.5. The van der Waals surface area contributed by atoms with Gasteiger partial charge in [0.25, 0.3) is 0 Å². The van der Waals surface area contributed by atoms with E-state index >= 15 is 0 Å². The first-order valence-electron chi connectivity index (χ1n) is 7.71. The molecule has 0 saturated heterocycles. The molecule has 0 aromatic heterocycles. The number of rotatable bonds is 4. The maximum Gasteiger partial charge on any atom is 0.336 e. The maximum absolute atomic E-state index is 12.3. The Labute approximate surface area is 140 Å². The lowest BCUT2D eigenvalue weighted by molar-refractivity contribution is -0.137. The maximum atomic E-state index is 12.3. The van der Waals surface area contributed by atoms with Crippen LogP contribution in [-0.2, 0) is 19.1 Å². The van der Waals surface area contributed by atoms with E-state index < -0.39 is 17.9 Å². The third kappa shape index (κ3) is 2.99. The van der Waals surface area contributed by atoms with Crippen LogP contribution in [0.3, 0.4) is 0 Å². The van der Waals surface area contributed by atoms with E-state index in [1.807, 2.05) is 4.90 Å². The van der Waals surface area contributed by atoms with E-state index in [-0.39, 0.29) is 11.8 Å². The Hall–Kier alpha value is -2.76. The Bertz CT molecular complexity index is 699. The predicted molar refractivity (Wildman–Crippen MR) is 85.9 cm³/mol. The number of hydrogen-bond acceptors (Lipinski definition) is 6. The molecule has 1 aliphatic carbocycles. The van der Waals surface area contributed by atoms with Crippen molar-refractivity contribution in [2.45, 2.75) is 24.8 Å². The average molecular weight is 329 g/mol. The van der Waals surface area contributed by atoms with Gasteiger partial charge in [0.05, 0.1) is 31.3 Å². The molecule has 0 bridgehead atoms. The number of aromatic hydroxyl groups is 1. The fourth-order valence-electron chi connectivity index (χ4n) is 2.90. The zero-order valence-corrected chi connectivity index (χ0v) is 13.6. The SMILES string of the molecule is COC(=O)C1=CN(C2CC2)C=C(C(=O)OC)C1c1cccc(O)c1. The molecule has 3 rings (SSSR count). The van der Waals surface area contributed by atoms with Crippen LogP contribution in [0.2, 0.25) is 0 Å². The van der Waals surface area contributed by atoms with E-state index in [1.54, 1.807) is 24.5 Å². The van der Waals surface area contributed by atoms with Gasteiger partial charge < -0.3 is 19.5 Å². The lowest BCUT2D eigenvalue weighted by atomic mass is 9.83. The summed E-state index contributed by atoms with van der Waals surface area (Å²) in [6, 6.07) is 6.78. The Morgan fingerprint density at radius 2 is 1.67 bits per heavy atom. The van der Waals surface area contributed by atoms with Gasteiger partial charge in [0, 0.05) is 18.4 Å². The first-order valence-corrected chi connectivity index (χ1v) is 7.71. The van der Waals surface area contributed by atoms with Crippen molar-refractivity contribution in [1.82, 2.24) is 4.90 Å². The Balaban J connectivity index is 2.11. The van der Waals surface area contributed by atoms with E-state index in [0.29, 0.717) is 16.7 Å². The summed E-state index contributed by atoms with van der Waals surface area (Å²) in [6.45, 7) is 0. The van der Waals surface area contributed by atoms with Gasteiger partial charge in [0.1, 0.15) is 5.75 Å². The Morgan fingerprint density at radius 1 is 1.08 bits per heavy atom. The average Bonchev–Trinajstić information content (AvgIpc) is 3.44. The van der Waals surface area contributed by atoms with Gasteiger partial charge >= 0.3 is 11.9 Å². The summed E-state index contributed by atoms with van der Waals surface area (Å²) in [5, 5.41) is 9.78. The van der Waals surface area contributed by atoms with Crippen LogP contribution in [0.5, 0.6) is 5.75 Å². The number of phenolic OH excluding ortho intramolecular Hbond substituents is 1. The minimum Gasteiger partial charge on any atom is -0.508 e. The number of ether oxygens (including phenoxy) is 2. The molecule has 0 spiro atoms. The molecule has 1 aliphatic heterocycles. The lowest BCUT2D eigenvalue weighted by Gasteiger charge is -2.30. The highest BCUT2D eigenvalue weighted by atomic mass is 16.5. The van der Waals surface area contributed by atoms with Crippen molar-refractivity contribution in [3.8, 4) is 5.75 Å². The highest BCUT2D eigenvalue weighted by Crippen LogP contribution is 2.40. The number of nitrogens with zero attached hydrogens (tertiary/aromatic N) is 1.